The molecule has 6 nitrogen and oxygen atoms in total. The Morgan fingerprint density at radius 1 is 1.14 bits per heavy atom. The van der Waals surface area contributed by atoms with E-state index >= 15 is 0 Å². The molecule has 1 amide bonds. The molecule has 0 bridgehead atoms. The third kappa shape index (κ3) is 4.73. The van der Waals surface area contributed by atoms with E-state index in [0.29, 0.717) is 22.8 Å². The summed E-state index contributed by atoms with van der Waals surface area (Å²) >= 11 is 1.49. The zero-order valence-corrected chi connectivity index (χ0v) is 17.7. The van der Waals surface area contributed by atoms with Gasteiger partial charge in [-0.25, -0.2) is 4.98 Å². The van der Waals surface area contributed by atoms with Crippen LogP contribution in [0.2, 0.25) is 0 Å². The number of benzene rings is 2. The van der Waals surface area contributed by atoms with Crippen molar-refractivity contribution in [1.82, 2.24) is 9.88 Å². The van der Waals surface area contributed by atoms with Crippen molar-refractivity contribution in [3.8, 4) is 11.8 Å². The predicted molar refractivity (Wildman–Crippen MR) is 117 cm³/mol. The fraction of sp³-hybridized carbons (Fsp3) is 0.318. The number of amides is 1. The summed E-state index contributed by atoms with van der Waals surface area (Å²) in [4.78, 5) is 22.0. The van der Waals surface area contributed by atoms with Crippen LogP contribution in [0.5, 0.6) is 5.75 Å². The second kappa shape index (κ2) is 9.50. The lowest BCUT2D eigenvalue weighted by Gasteiger charge is -2.24. The van der Waals surface area contributed by atoms with E-state index in [-0.39, 0.29) is 5.91 Å². The monoisotopic (exact) mass is 408 g/mol. The van der Waals surface area contributed by atoms with E-state index in [1.165, 1.54) is 11.3 Å². The fourth-order valence-corrected chi connectivity index (χ4v) is 4.02. The molecule has 3 aromatic rings. The average molecular weight is 409 g/mol. The summed E-state index contributed by atoms with van der Waals surface area (Å²) in [5.41, 5.74) is 1.88. The molecule has 0 unspecified atom stereocenters. The number of methoxy groups -OCH3 is 1. The van der Waals surface area contributed by atoms with E-state index in [0.717, 1.165) is 35.6 Å². The molecule has 7 heteroatoms. The first-order chi connectivity index (χ1) is 14.1. The molecule has 0 spiro atoms. The second-order valence-corrected chi connectivity index (χ2v) is 7.51. The van der Waals surface area contributed by atoms with E-state index in [4.69, 9.17) is 15.0 Å². The molecule has 0 fully saturated rings. The number of ether oxygens (including phenoxy) is 1. The fourth-order valence-electron chi connectivity index (χ4n) is 3.05. The Morgan fingerprint density at radius 3 is 2.48 bits per heavy atom. The third-order valence-electron chi connectivity index (χ3n) is 4.85. The Balaban J connectivity index is 1.95. The molecule has 0 atom stereocenters. The molecule has 1 aromatic heterocycles. The van der Waals surface area contributed by atoms with Crippen molar-refractivity contribution in [2.45, 2.75) is 13.8 Å². The van der Waals surface area contributed by atoms with Crippen LogP contribution in [0.3, 0.4) is 0 Å². The Labute approximate surface area is 175 Å². The molecule has 0 aliphatic carbocycles. The highest BCUT2D eigenvalue weighted by Crippen LogP contribution is 2.32. The van der Waals surface area contributed by atoms with Crippen molar-refractivity contribution in [2.75, 3.05) is 38.2 Å². The molecule has 2 aromatic carbocycles. The van der Waals surface area contributed by atoms with Crippen LogP contribution in [0.4, 0.5) is 5.13 Å². The molecule has 29 heavy (non-hydrogen) atoms. The molecular formula is C22H24N4O2S. The number of fused-ring (bicyclic) bond motifs is 1. The quantitative estimate of drug-likeness (QED) is 0.560. The number of hydrogen-bond donors (Lipinski definition) is 0. The van der Waals surface area contributed by atoms with Gasteiger partial charge in [0.25, 0.3) is 5.91 Å². The smallest absolute Gasteiger partial charge is 0.260 e. The number of carbonyl (C=O) groups is 1. The van der Waals surface area contributed by atoms with Crippen LogP contribution >= 0.6 is 11.3 Å². The molecule has 0 saturated heterocycles. The Hall–Kier alpha value is -2.95. The first-order valence-electron chi connectivity index (χ1n) is 9.58. The van der Waals surface area contributed by atoms with E-state index in [2.05, 4.69) is 24.8 Å². The maximum absolute atomic E-state index is 13.3. The number of hydrogen-bond acceptors (Lipinski definition) is 6. The minimum absolute atomic E-state index is 0.118. The minimum atomic E-state index is -0.118. The second-order valence-electron chi connectivity index (χ2n) is 6.50. The van der Waals surface area contributed by atoms with Crippen LogP contribution in [0, 0.1) is 11.3 Å². The normalized spacial score (nSPS) is 10.9. The highest BCUT2D eigenvalue weighted by atomic mass is 32.1. The zero-order chi connectivity index (χ0) is 20.8. The number of thiazole rings is 1. The molecule has 0 radical (unpaired) electrons. The van der Waals surface area contributed by atoms with Gasteiger partial charge in [0.15, 0.2) is 5.13 Å². The minimum Gasteiger partial charge on any atom is -0.497 e. The van der Waals surface area contributed by atoms with Crippen LogP contribution in [-0.4, -0.2) is 49.1 Å². The van der Waals surface area contributed by atoms with Gasteiger partial charge in [0.1, 0.15) is 5.75 Å². The van der Waals surface area contributed by atoms with Gasteiger partial charge in [0.05, 0.1) is 29.0 Å². The zero-order valence-electron chi connectivity index (χ0n) is 16.9. The number of likely N-dealkylation sites (N-methyl/N-ethyl adjacent to an activating group) is 1. The molecule has 1 heterocycles. The molecule has 0 N–H and O–H groups in total. The van der Waals surface area contributed by atoms with Crippen molar-refractivity contribution < 1.29 is 9.53 Å². The van der Waals surface area contributed by atoms with Crippen LogP contribution in [-0.2, 0) is 0 Å². The SMILES string of the molecule is CCN(CC)CCN(C(=O)c1ccc(C#N)cc1)c1nc2cc(OC)ccc2s1. The lowest BCUT2D eigenvalue weighted by atomic mass is 10.1. The summed E-state index contributed by atoms with van der Waals surface area (Å²) in [5, 5.41) is 9.67. The number of aromatic nitrogens is 1. The third-order valence-corrected chi connectivity index (χ3v) is 5.91. The Kier molecular flexibility index (Phi) is 6.81. The Morgan fingerprint density at radius 2 is 1.86 bits per heavy atom. The molecule has 3 rings (SSSR count). The summed E-state index contributed by atoms with van der Waals surface area (Å²) in [5.74, 6) is 0.620. The van der Waals surface area contributed by atoms with Crippen LogP contribution in [0.1, 0.15) is 29.8 Å². The number of nitrogens with zero attached hydrogens (tertiary/aromatic N) is 4. The molecule has 0 aliphatic rings. The van der Waals surface area contributed by atoms with Gasteiger partial charge < -0.3 is 9.64 Å². The van der Waals surface area contributed by atoms with Crippen molar-refractivity contribution in [3.05, 3.63) is 53.6 Å². The van der Waals surface area contributed by atoms with Crippen LogP contribution < -0.4 is 9.64 Å². The van der Waals surface area contributed by atoms with Crippen molar-refractivity contribution >= 4 is 32.6 Å². The summed E-state index contributed by atoms with van der Waals surface area (Å²) < 4.78 is 6.29. The van der Waals surface area contributed by atoms with Gasteiger partial charge in [0, 0.05) is 24.7 Å². The number of carbonyl (C=O) groups excluding carboxylic acids is 1. The molecule has 0 aliphatic heterocycles. The predicted octanol–water partition coefficient (Wildman–Crippen LogP) is 4.17. The highest BCUT2D eigenvalue weighted by molar-refractivity contribution is 7.22. The van der Waals surface area contributed by atoms with Gasteiger partial charge in [-0.3, -0.25) is 9.69 Å². The Bertz CT molecular complexity index is 1020. The topological polar surface area (TPSA) is 69.5 Å². The molecule has 0 saturated carbocycles. The van der Waals surface area contributed by atoms with Crippen molar-refractivity contribution in [3.63, 3.8) is 0 Å². The van der Waals surface area contributed by atoms with E-state index in [1.54, 1.807) is 36.3 Å². The number of rotatable bonds is 8. The van der Waals surface area contributed by atoms with E-state index in [1.807, 2.05) is 18.2 Å². The molecule has 150 valence electrons. The average Bonchev–Trinajstić information content (AvgIpc) is 3.19. The van der Waals surface area contributed by atoms with Crippen LogP contribution in [0.15, 0.2) is 42.5 Å². The van der Waals surface area contributed by atoms with Gasteiger partial charge >= 0.3 is 0 Å². The van der Waals surface area contributed by atoms with E-state index in [9.17, 15) is 4.79 Å². The van der Waals surface area contributed by atoms with Gasteiger partial charge in [-0.15, -0.1) is 0 Å². The summed E-state index contributed by atoms with van der Waals surface area (Å²) in [6.07, 6.45) is 0. The van der Waals surface area contributed by atoms with E-state index < -0.39 is 0 Å². The summed E-state index contributed by atoms with van der Waals surface area (Å²) in [6.45, 7) is 7.37. The lowest BCUT2D eigenvalue weighted by Crippen LogP contribution is -2.38. The first-order valence-corrected chi connectivity index (χ1v) is 10.4. The van der Waals surface area contributed by atoms with Gasteiger partial charge in [-0.1, -0.05) is 25.2 Å². The van der Waals surface area contributed by atoms with Crippen molar-refractivity contribution in [2.24, 2.45) is 0 Å². The standard InChI is InChI=1S/C22H24N4O2S/c1-4-25(5-2)12-13-26(21(27)17-8-6-16(15-23)7-9-17)22-24-19-14-18(28-3)10-11-20(19)29-22/h6-11,14H,4-5,12-13H2,1-3H3. The highest BCUT2D eigenvalue weighted by Gasteiger charge is 2.22. The lowest BCUT2D eigenvalue weighted by molar-refractivity contribution is 0.0984. The van der Waals surface area contributed by atoms with Gasteiger partial charge in [-0.2, -0.15) is 5.26 Å². The maximum Gasteiger partial charge on any atom is 0.260 e. The number of anilines is 1. The molecular weight excluding hydrogens is 384 g/mol. The van der Waals surface area contributed by atoms with Crippen molar-refractivity contribution in [1.29, 1.82) is 5.26 Å². The first kappa shape index (κ1) is 20.8. The summed E-state index contributed by atoms with van der Waals surface area (Å²) in [6, 6.07) is 14.5. The van der Waals surface area contributed by atoms with Gasteiger partial charge in [-0.05, 0) is 49.5 Å². The van der Waals surface area contributed by atoms with Gasteiger partial charge in [0.2, 0.25) is 0 Å². The maximum atomic E-state index is 13.3. The number of nitriles is 1. The largest absolute Gasteiger partial charge is 0.497 e. The summed E-state index contributed by atoms with van der Waals surface area (Å²) in [7, 11) is 1.62. The van der Waals surface area contributed by atoms with Crippen LogP contribution in [0.25, 0.3) is 10.2 Å².